The van der Waals surface area contributed by atoms with Gasteiger partial charge in [-0.2, -0.15) is 0 Å². The Kier molecular flexibility index (Phi) is 5.16. The molecule has 0 amide bonds. The molecule has 2 aliphatic carbocycles. The van der Waals surface area contributed by atoms with Crippen molar-refractivity contribution >= 4 is 11.6 Å². The van der Waals surface area contributed by atoms with E-state index in [9.17, 15) is 9.59 Å². The summed E-state index contributed by atoms with van der Waals surface area (Å²) in [6.07, 6.45) is 3.60. The molecule has 4 rings (SSSR count). The summed E-state index contributed by atoms with van der Waals surface area (Å²) in [7, 11) is 0. The zero-order chi connectivity index (χ0) is 21.7. The van der Waals surface area contributed by atoms with Crippen molar-refractivity contribution in [2.75, 3.05) is 6.61 Å². The van der Waals surface area contributed by atoms with Crippen LogP contribution in [0.25, 0.3) is 0 Å². The standard InChI is InChI=1S/C26H33NO3/c1-6-10-30-17-9-7-8-16(11-17)22-23-18(12-25(2,3)14-20(23)28)27-19-13-26(4,5)15-21(29)24(19)22/h7-9,11,22,27H,6,10,12-15H2,1-5H3. The quantitative estimate of drug-likeness (QED) is 0.721. The first-order chi connectivity index (χ1) is 14.1. The average molecular weight is 408 g/mol. The molecule has 0 saturated carbocycles. The SMILES string of the molecule is CCCOc1cccc(C2C3=C(CC(C)(C)CC3=O)NC3=C2C(=O)CC(C)(C)C3)c1. The third kappa shape index (κ3) is 3.84. The summed E-state index contributed by atoms with van der Waals surface area (Å²) in [5, 5.41) is 3.56. The summed E-state index contributed by atoms with van der Waals surface area (Å²) in [6.45, 7) is 11.3. The van der Waals surface area contributed by atoms with Gasteiger partial charge in [-0.3, -0.25) is 9.59 Å². The average Bonchev–Trinajstić information content (AvgIpc) is 2.63. The van der Waals surface area contributed by atoms with Crippen LogP contribution < -0.4 is 10.1 Å². The van der Waals surface area contributed by atoms with Crippen LogP contribution in [0.3, 0.4) is 0 Å². The molecule has 4 nitrogen and oxygen atoms in total. The van der Waals surface area contributed by atoms with Crippen LogP contribution in [0.2, 0.25) is 0 Å². The zero-order valence-electron chi connectivity index (χ0n) is 18.9. The second-order valence-electron chi connectivity index (χ2n) is 10.6. The number of hydrogen-bond acceptors (Lipinski definition) is 4. The van der Waals surface area contributed by atoms with E-state index in [0.29, 0.717) is 19.4 Å². The molecule has 0 saturated heterocycles. The summed E-state index contributed by atoms with van der Waals surface area (Å²) >= 11 is 0. The molecule has 30 heavy (non-hydrogen) atoms. The van der Waals surface area contributed by atoms with Crippen LogP contribution in [0.4, 0.5) is 0 Å². The maximum Gasteiger partial charge on any atom is 0.162 e. The van der Waals surface area contributed by atoms with Crippen molar-refractivity contribution in [3.8, 4) is 5.75 Å². The Hall–Kier alpha value is -2.36. The van der Waals surface area contributed by atoms with Crippen molar-refractivity contribution in [1.29, 1.82) is 0 Å². The molecule has 1 N–H and O–H groups in total. The summed E-state index contributed by atoms with van der Waals surface area (Å²) in [5.74, 6) is 0.809. The molecular formula is C26H33NO3. The highest BCUT2D eigenvalue weighted by atomic mass is 16.5. The van der Waals surface area contributed by atoms with Gasteiger partial charge in [-0.1, -0.05) is 46.8 Å². The number of benzene rings is 1. The number of ketones is 2. The van der Waals surface area contributed by atoms with Crippen molar-refractivity contribution in [3.05, 3.63) is 52.4 Å². The van der Waals surface area contributed by atoms with Crippen LogP contribution in [-0.2, 0) is 9.59 Å². The lowest BCUT2D eigenvalue weighted by Crippen LogP contribution is -2.42. The molecule has 0 radical (unpaired) electrons. The van der Waals surface area contributed by atoms with Crippen molar-refractivity contribution in [1.82, 2.24) is 5.32 Å². The Morgan fingerprint density at radius 1 is 0.933 bits per heavy atom. The summed E-state index contributed by atoms with van der Waals surface area (Å²) < 4.78 is 5.86. The van der Waals surface area contributed by atoms with Gasteiger partial charge in [0.05, 0.1) is 6.61 Å². The molecule has 0 bridgehead atoms. The molecule has 0 atom stereocenters. The van der Waals surface area contributed by atoms with E-state index >= 15 is 0 Å². The summed E-state index contributed by atoms with van der Waals surface area (Å²) in [4.78, 5) is 26.7. The van der Waals surface area contributed by atoms with Crippen LogP contribution in [-0.4, -0.2) is 18.2 Å². The third-order valence-corrected chi connectivity index (χ3v) is 6.38. The molecule has 4 heteroatoms. The molecule has 0 aromatic heterocycles. The first kappa shape index (κ1) is 20.9. The third-order valence-electron chi connectivity index (χ3n) is 6.38. The minimum Gasteiger partial charge on any atom is -0.494 e. The van der Waals surface area contributed by atoms with Crippen LogP contribution in [0.1, 0.15) is 78.2 Å². The predicted octanol–water partition coefficient (Wildman–Crippen LogP) is 5.45. The van der Waals surface area contributed by atoms with Gasteiger partial charge in [0.2, 0.25) is 0 Å². The van der Waals surface area contributed by atoms with Gasteiger partial charge >= 0.3 is 0 Å². The number of nitrogens with one attached hydrogen (secondary N) is 1. The normalized spacial score (nSPS) is 23.1. The molecule has 3 aliphatic rings. The van der Waals surface area contributed by atoms with Crippen LogP contribution in [0.5, 0.6) is 5.75 Å². The fraction of sp³-hybridized carbons (Fsp3) is 0.538. The number of allylic oxidation sites excluding steroid dienone is 4. The Morgan fingerprint density at radius 3 is 2.03 bits per heavy atom. The van der Waals surface area contributed by atoms with E-state index < -0.39 is 0 Å². The Balaban J connectivity index is 1.86. The fourth-order valence-electron chi connectivity index (χ4n) is 5.23. The number of hydrogen-bond donors (Lipinski definition) is 1. The maximum absolute atomic E-state index is 13.3. The molecule has 0 spiro atoms. The van der Waals surface area contributed by atoms with Gasteiger partial charge in [-0.05, 0) is 47.8 Å². The van der Waals surface area contributed by atoms with Gasteiger partial charge in [0, 0.05) is 41.3 Å². The van der Waals surface area contributed by atoms with Gasteiger partial charge in [0.1, 0.15) is 5.75 Å². The van der Waals surface area contributed by atoms with Crippen LogP contribution in [0.15, 0.2) is 46.8 Å². The highest BCUT2D eigenvalue weighted by molar-refractivity contribution is 6.06. The molecule has 0 fully saturated rings. The van der Waals surface area contributed by atoms with Gasteiger partial charge in [-0.15, -0.1) is 0 Å². The van der Waals surface area contributed by atoms with E-state index in [1.165, 1.54) is 0 Å². The van der Waals surface area contributed by atoms with Gasteiger partial charge in [0.25, 0.3) is 0 Å². The first-order valence-corrected chi connectivity index (χ1v) is 11.1. The largest absolute Gasteiger partial charge is 0.494 e. The smallest absolute Gasteiger partial charge is 0.162 e. The Bertz CT molecular complexity index is 912. The lowest BCUT2D eigenvalue weighted by molar-refractivity contribution is -0.119. The van der Waals surface area contributed by atoms with E-state index in [1.54, 1.807) is 0 Å². The number of carbonyl (C=O) groups is 2. The van der Waals surface area contributed by atoms with Crippen molar-refractivity contribution in [2.45, 2.75) is 72.6 Å². The molecule has 1 aromatic carbocycles. The molecule has 1 aromatic rings. The Labute approximate surface area is 179 Å². The van der Waals surface area contributed by atoms with Gasteiger partial charge in [-0.25, -0.2) is 0 Å². The lowest BCUT2D eigenvalue weighted by Gasteiger charge is -2.44. The van der Waals surface area contributed by atoms with E-state index in [4.69, 9.17) is 4.74 Å². The van der Waals surface area contributed by atoms with Crippen molar-refractivity contribution in [2.24, 2.45) is 10.8 Å². The number of Topliss-reactive ketones (excluding diaryl/α,β-unsaturated/α-hetero) is 2. The van der Waals surface area contributed by atoms with E-state index in [1.807, 2.05) is 24.3 Å². The number of carbonyl (C=O) groups excluding carboxylic acids is 2. The van der Waals surface area contributed by atoms with E-state index in [-0.39, 0.29) is 28.3 Å². The molecule has 1 aliphatic heterocycles. The second kappa shape index (κ2) is 7.40. The van der Waals surface area contributed by atoms with Crippen molar-refractivity contribution in [3.63, 3.8) is 0 Å². The number of ether oxygens (including phenoxy) is 1. The fourth-order valence-corrected chi connectivity index (χ4v) is 5.23. The summed E-state index contributed by atoms with van der Waals surface area (Å²) in [6, 6.07) is 7.96. The first-order valence-electron chi connectivity index (χ1n) is 11.1. The minimum atomic E-state index is -0.298. The highest BCUT2D eigenvalue weighted by Gasteiger charge is 2.46. The molecule has 1 heterocycles. The van der Waals surface area contributed by atoms with Gasteiger partial charge in [0.15, 0.2) is 11.6 Å². The predicted molar refractivity (Wildman–Crippen MR) is 118 cm³/mol. The summed E-state index contributed by atoms with van der Waals surface area (Å²) in [5.41, 5.74) is 4.40. The van der Waals surface area contributed by atoms with Crippen LogP contribution >= 0.6 is 0 Å². The van der Waals surface area contributed by atoms with Crippen molar-refractivity contribution < 1.29 is 14.3 Å². The second-order valence-corrected chi connectivity index (χ2v) is 10.6. The zero-order valence-corrected chi connectivity index (χ0v) is 18.9. The number of dihydropyridines is 1. The lowest BCUT2D eigenvalue weighted by atomic mass is 9.64. The van der Waals surface area contributed by atoms with E-state index in [2.05, 4.69) is 39.9 Å². The van der Waals surface area contributed by atoms with Crippen LogP contribution in [0, 0.1) is 10.8 Å². The maximum atomic E-state index is 13.3. The topological polar surface area (TPSA) is 55.4 Å². The molecule has 160 valence electrons. The highest BCUT2D eigenvalue weighted by Crippen LogP contribution is 2.51. The Morgan fingerprint density at radius 2 is 1.50 bits per heavy atom. The van der Waals surface area contributed by atoms with Gasteiger partial charge < -0.3 is 10.1 Å². The number of rotatable bonds is 4. The minimum absolute atomic E-state index is 0.0776. The van der Waals surface area contributed by atoms with E-state index in [0.717, 1.165) is 53.1 Å². The molecular weight excluding hydrogens is 374 g/mol. The monoisotopic (exact) mass is 407 g/mol. The molecule has 0 unspecified atom stereocenters.